The number of anilines is 1. The van der Waals surface area contributed by atoms with Gasteiger partial charge in [-0.25, -0.2) is 4.79 Å². The Bertz CT molecular complexity index is 581. The van der Waals surface area contributed by atoms with Crippen molar-refractivity contribution in [2.75, 3.05) is 5.32 Å². The van der Waals surface area contributed by atoms with E-state index in [1.807, 2.05) is 42.5 Å². The van der Waals surface area contributed by atoms with Crippen LogP contribution in [0, 0.1) is 0 Å². The van der Waals surface area contributed by atoms with Crippen molar-refractivity contribution in [1.82, 2.24) is 5.32 Å². The summed E-state index contributed by atoms with van der Waals surface area (Å²) >= 11 is 5.89. The average molecular weight is 289 g/mol. The number of benzene rings is 2. The van der Waals surface area contributed by atoms with Crippen LogP contribution in [0.25, 0.3) is 0 Å². The summed E-state index contributed by atoms with van der Waals surface area (Å²) < 4.78 is 0. The molecule has 2 aromatic carbocycles. The van der Waals surface area contributed by atoms with Crippen LogP contribution in [0.1, 0.15) is 18.1 Å². The van der Waals surface area contributed by atoms with Crippen LogP contribution in [0.15, 0.2) is 48.5 Å². The molecule has 0 aromatic heterocycles. The molecule has 0 unspecified atom stereocenters. The maximum Gasteiger partial charge on any atom is 0.319 e. The van der Waals surface area contributed by atoms with Crippen molar-refractivity contribution in [1.29, 1.82) is 0 Å². The van der Waals surface area contributed by atoms with Gasteiger partial charge in [-0.3, -0.25) is 0 Å². The molecule has 0 heterocycles. The fourth-order valence-corrected chi connectivity index (χ4v) is 2.04. The maximum absolute atomic E-state index is 11.8. The number of hydrogen-bond donors (Lipinski definition) is 2. The highest BCUT2D eigenvalue weighted by atomic mass is 35.5. The zero-order valence-electron chi connectivity index (χ0n) is 11.3. The minimum Gasteiger partial charge on any atom is -0.334 e. The van der Waals surface area contributed by atoms with Crippen molar-refractivity contribution in [2.45, 2.75) is 19.9 Å². The smallest absolute Gasteiger partial charge is 0.319 e. The van der Waals surface area contributed by atoms with Gasteiger partial charge in [0.2, 0.25) is 0 Å². The third-order valence-corrected chi connectivity index (χ3v) is 3.20. The fraction of sp³-hybridized carbons (Fsp3) is 0.188. The van der Waals surface area contributed by atoms with Crippen LogP contribution in [0.4, 0.5) is 10.5 Å². The molecule has 2 rings (SSSR count). The van der Waals surface area contributed by atoms with Gasteiger partial charge in [-0.05, 0) is 41.8 Å². The molecule has 0 aliphatic heterocycles. The van der Waals surface area contributed by atoms with Crippen LogP contribution in [0.5, 0.6) is 0 Å². The molecule has 0 saturated heterocycles. The Balaban J connectivity index is 1.85. The second-order valence-electron chi connectivity index (χ2n) is 4.49. The van der Waals surface area contributed by atoms with Crippen LogP contribution in [0.2, 0.25) is 5.02 Å². The first-order valence-electron chi connectivity index (χ1n) is 6.55. The molecule has 2 N–H and O–H groups in total. The SMILES string of the molecule is CCc1ccc(NC(=O)NCc2cccc(Cl)c2)cc1. The molecule has 2 amide bonds. The lowest BCUT2D eigenvalue weighted by Gasteiger charge is -2.08. The topological polar surface area (TPSA) is 41.1 Å². The van der Waals surface area contributed by atoms with Crippen molar-refractivity contribution in [3.63, 3.8) is 0 Å². The zero-order chi connectivity index (χ0) is 14.4. The van der Waals surface area contributed by atoms with Gasteiger partial charge < -0.3 is 10.6 Å². The molecular weight excluding hydrogens is 272 g/mol. The number of amides is 2. The van der Waals surface area contributed by atoms with Gasteiger partial charge in [0, 0.05) is 17.3 Å². The van der Waals surface area contributed by atoms with E-state index in [1.54, 1.807) is 6.07 Å². The molecule has 3 nitrogen and oxygen atoms in total. The maximum atomic E-state index is 11.8. The average Bonchev–Trinajstić information content (AvgIpc) is 2.46. The predicted molar refractivity (Wildman–Crippen MR) is 83.1 cm³/mol. The van der Waals surface area contributed by atoms with Gasteiger partial charge in [-0.1, -0.05) is 42.8 Å². The van der Waals surface area contributed by atoms with E-state index in [0.29, 0.717) is 11.6 Å². The predicted octanol–water partition coefficient (Wildman–Crippen LogP) is 4.22. The third kappa shape index (κ3) is 4.28. The molecule has 0 bridgehead atoms. The number of urea groups is 1. The van der Waals surface area contributed by atoms with Gasteiger partial charge in [0.1, 0.15) is 0 Å². The fourth-order valence-electron chi connectivity index (χ4n) is 1.83. The largest absolute Gasteiger partial charge is 0.334 e. The summed E-state index contributed by atoms with van der Waals surface area (Å²) in [4.78, 5) is 11.8. The summed E-state index contributed by atoms with van der Waals surface area (Å²) in [6, 6.07) is 15.0. The summed E-state index contributed by atoms with van der Waals surface area (Å²) in [7, 11) is 0. The van der Waals surface area contributed by atoms with Crippen molar-refractivity contribution >= 4 is 23.3 Å². The van der Waals surface area contributed by atoms with Crippen molar-refractivity contribution in [3.8, 4) is 0 Å². The molecule has 2 aromatic rings. The second-order valence-corrected chi connectivity index (χ2v) is 4.92. The Kier molecular flexibility index (Phi) is 5.02. The van der Waals surface area contributed by atoms with E-state index in [9.17, 15) is 4.79 Å². The summed E-state index contributed by atoms with van der Waals surface area (Å²) in [6.07, 6.45) is 0.987. The summed E-state index contributed by atoms with van der Waals surface area (Å²) in [6.45, 7) is 2.54. The van der Waals surface area contributed by atoms with Gasteiger partial charge in [0.15, 0.2) is 0 Å². The van der Waals surface area contributed by atoms with Gasteiger partial charge in [-0.2, -0.15) is 0 Å². The number of hydrogen-bond acceptors (Lipinski definition) is 1. The van der Waals surface area contributed by atoms with E-state index >= 15 is 0 Å². The summed E-state index contributed by atoms with van der Waals surface area (Å²) in [5, 5.41) is 6.26. The van der Waals surface area contributed by atoms with E-state index in [4.69, 9.17) is 11.6 Å². The molecule has 20 heavy (non-hydrogen) atoms. The first kappa shape index (κ1) is 14.4. The number of carbonyl (C=O) groups excluding carboxylic acids is 1. The summed E-state index contributed by atoms with van der Waals surface area (Å²) in [5.41, 5.74) is 3.00. The number of nitrogens with one attached hydrogen (secondary N) is 2. The Morgan fingerprint density at radius 1 is 1.10 bits per heavy atom. The first-order chi connectivity index (χ1) is 9.67. The first-order valence-corrected chi connectivity index (χ1v) is 6.93. The number of aryl methyl sites for hydroxylation is 1. The number of rotatable bonds is 4. The molecule has 104 valence electrons. The monoisotopic (exact) mass is 288 g/mol. The second kappa shape index (κ2) is 6.96. The Morgan fingerprint density at radius 3 is 2.50 bits per heavy atom. The number of halogens is 1. The molecule has 0 radical (unpaired) electrons. The Labute approximate surface area is 124 Å². The van der Waals surface area contributed by atoms with Gasteiger partial charge in [0.05, 0.1) is 0 Å². The molecule has 4 heteroatoms. The quantitative estimate of drug-likeness (QED) is 0.869. The highest BCUT2D eigenvalue weighted by Crippen LogP contribution is 2.11. The summed E-state index contributed by atoms with van der Waals surface area (Å²) in [5.74, 6) is 0. The van der Waals surface area contributed by atoms with Crippen LogP contribution >= 0.6 is 11.6 Å². The lowest BCUT2D eigenvalue weighted by molar-refractivity contribution is 0.251. The lowest BCUT2D eigenvalue weighted by atomic mass is 10.1. The van der Waals surface area contributed by atoms with Crippen molar-refractivity contribution in [3.05, 3.63) is 64.7 Å². The van der Waals surface area contributed by atoms with E-state index in [-0.39, 0.29) is 6.03 Å². The van der Waals surface area contributed by atoms with E-state index in [1.165, 1.54) is 5.56 Å². The zero-order valence-corrected chi connectivity index (χ0v) is 12.1. The molecule has 0 saturated carbocycles. The van der Waals surface area contributed by atoms with Crippen LogP contribution in [-0.2, 0) is 13.0 Å². The minimum absolute atomic E-state index is 0.228. The van der Waals surface area contributed by atoms with Gasteiger partial charge in [0.25, 0.3) is 0 Å². The van der Waals surface area contributed by atoms with Crippen molar-refractivity contribution in [2.24, 2.45) is 0 Å². The minimum atomic E-state index is -0.228. The number of carbonyl (C=O) groups is 1. The Hall–Kier alpha value is -2.00. The highest BCUT2D eigenvalue weighted by molar-refractivity contribution is 6.30. The van der Waals surface area contributed by atoms with E-state index in [2.05, 4.69) is 17.6 Å². The van der Waals surface area contributed by atoms with Crippen LogP contribution < -0.4 is 10.6 Å². The lowest BCUT2D eigenvalue weighted by Crippen LogP contribution is -2.28. The molecular formula is C16H17ClN2O. The van der Waals surface area contributed by atoms with E-state index < -0.39 is 0 Å². The van der Waals surface area contributed by atoms with Crippen LogP contribution in [0.3, 0.4) is 0 Å². The molecule has 0 spiro atoms. The van der Waals surface area contributed by atoms with Crippen LogP contribution in [-0.4, -0.2) is 6.03 Å². The van der Waals surface area contributed by atoms with Crippen molar-refractivity contribution < 1.29 is 4.79 Å². The Morgan fingerprint density at radius 2 is 1.85 bits per heavy atom. The third-order valence-electron chi connectivity index (χ3n) is 2.96. The van der Waals surface area contributed by atoms with Gasteiger partial charge in [-0.15, -0.1) is 0 Å². The normalized spacial score (nSPS) is 10.1. The molecule has 0 aliphatic rings. The van der Waals surface area contributed by atoms with E-state index in [0.717, 1.165) is 17.7 Å². The standard InChI is InChI=1S/C16H17ClN2O/c1-2-12-6-8-15(9-7-12)19-16(20)18-11-13-4-3-5-14(17)10-13/h3-10H,2,11H2,1H3,(H2,18,19,20). The molecule has 0 fully saturated rings. The molecule has 0 aliphatic carbocycles. The molecule has 0 atom stereocenters. The highest BCUT2D eigenvalue weighted by Gasteiger charge is 2.02. The van der Waals surface area contributed by atoms with Gasteiger partial charge >= 0.3 is 6.03 Å².